The van der Waals surface area contributed by atoms with Crippen molar-refractivity contribution in [1.29, 1.82) is 0 Å². The van der Waals surface area contributed by atoms with E-state index in [4.69, 9.17) is 23.7 Å². The molecule has 1 aliphatic heterocycles. The molecule has 0 fully saturated rings. The molecule has 44 heavy (non-hydrogen) atoms. The van der Waals surface area contributed by atoms with Gasteiger partial charge in [0.15, 0.2) is 35.7 Å². The van der Waals surface area contributed by atoms with Crippen molar-refractivity contribution in [2.45, 2.75) is 39.7 Å². The fraction of sp³-hybridized carbons (Fsp3) is 0.314. The van der Waals surface area contributed by atoms with Crippen molar-refractivity contribution in [3.63, 3.8) is 0 Å². The molecule has 0 unspecified atom stereocenters. The van der Waals surface area contributed by atoms with E-state index in [2.05, 4.69) is 4.57 Å². The van der Waals surface area contributed by atoms with Crippen molar-refractivity contribution in [3.05, 3.63) is 70.4 Å². The van der Waals surface area contributed by atoms with Crippen LogP contribution >= 0.6 is 0 Å². The van der Waals surface area contributed by atoms with E-state index in [0.717, 1.165) is 39.6 Å². The monoisotopic (exact) mass is 600 g/mol. The van der Waals surface area contributed by atoms with Gasteiger partial charge in [-0.3, -0.25) is 4.79 Å². The molecule has 1 aliphatic rings. The van der Waals surface area contributed by atoms with Gasteiger partial charge in [0.2, 0.25) is 5.69 Å². The minimum atomic E-state index is -0.372. The number of phenols is 2. The zero-order valence-corrected chi connectivity index (χ0v) is 25.9. The van der Waals surface area contributed by atoms with Crippen LogP contribution in [0.25, 0.3) is 28.1 Å². The summed E-state index contributed by atoms with van der Waals surface area (Å²) in [7, 11) is 6.43. The third-order valence-electron chi connectivity index (χ3n) is 8.29. The Kier molecular flexibility index (Phi) is 8.85. The topological polar surface area (TPSA) is 108 Å². The van der Waals surface area contributed by atoms with Crippen LogP contribution in [-0.2, 0) is 28.9 Å². The van der Waals surface area contributed by atoms with Gasteiger partial charge in [-0.05, 0) is 67.3 Å². The molecule has 2 N–H and O–H groups in total. The smallest absolute Gasteiger partial charge is 0.310 e. The first-order valence-corrected chi connectivity index (χ1v) is 14.4. The van der Waals surface area contributed by atoms with Crippen LogP contribution in [0.15, 0.2) is 42.6 Å². The van der Waals surface area contributed by atoms with E-state index in [-0.39, 0.29) is 30.5 Å². The lowest BCUT2D eigenvalue weighted by Crippen LogP contribution is -2.41. The van der Waals surface area contributed by atoms with Gasteiger partial charge in [-0.2, -0.15) is 4.57 Å². The number of hydrogen-bond donors (Lipinski definition) is 2. The summed E-state index contributed by atoms with van der Waals surface area (Å²) in [4.78, 5) is 13.3. The summed E-state index contributed by atoms with van der Waals surface area (Å²) in [5.41, 5.74) is 5.56. The van der Waals surface area contributed by atoms with E-state index in [1.165, 1.54) is 6.07 Å². The number of aromatic nitrogens is 1. The number of aryl methyl sites for hydroxylation is 2. The maximum Gasteiger partial charge on any atom is 0.310 e. The first-order chi connectivity index (χ1) is 21.2. The molecule has 0 saturated carbocycles. The number of carbonyl (C=O) groups is 1. The van der Waals surface area contributed by atoms with E-state index >= 15 is 0 Å². The number of rotatable bonds is 10. The number of esters is 1. The summed E-state index contributed by atoms with van der Waals surface area (Å²) in [6.07, 6.45) is 6.81. The molecule has 0 spiro atoms. The van der Waals surface area contributed by atoms with Crippen molar-refractivity contribution in [3.8, 4) is 45.8 Å². The van der Waals surface area contributed by atoms with Crippen LogP contribution in [0, 0.1) is 13.8 Å². The van der Waals surface area contributed by atoms with Crippen molar-refractivity contribution in [2.24, 2.45) is 0 Å². The van der Waals surface area contributed by atoms with Gasteiger partial charge in [0.1, 0.15) is 11.5 Å². The van der Waals surface area contributed by atoms with Crippen molar-refractivity contribution < 1.29 is 43.3 Å². The molecule has 4 aromatic rings. The Bertz CT molecular complexity index is 1780. The zero-order valence-electron chi connectivity index (χ0n) is 25.9. The SMILES string of the molecule is COc1cc2c(cc1OC)-c1c(CC(=O)OCC/C=C/c3cc(O)c(C)c(C)c3O)c3ccc(OC)c(OC)c3c[n+]1CC2. The number of nitrogens with zero attached hydrogens (tertiary/aromatic N) is 1. The lowest BCUT2D eigenvalue weighted by Gasteiger charge is -2.21. The normalized spacial score (nSPS) is 12.1. The standard InChI is InChI=1S/C35H37NO8/c1-20-21(2)34(39)23(15-28(20)37)9-7-8-14-44-32(38)18-26-24-10-11-29(40-3)35(43-6)27(24)19-36-13-12-22-16-30(41-4)31(42-5)17-25(22)33(26)36/h7,9-11,15-17,19H,8,12-14,18H2,1-6H3,(H-,37,39)/p+1/b9-7+. The highest BCUT2D eigenvalue weighted by atomic mass is 16.5. The Labute approximate surface area is 256 Å². The predicted octanol–water partition coefficient (Wildman–Crippen LogP) is 5.60. The minimum Gasteiger partial charge on any atom is -0.508 e. The second-order valence-electron chi connectivity index (χ2n) is 10.7. The van der Waals surface area contributed by atoms with Crippen LogP contribution in [0.4, 0.5) is 0 Å². The molecule has 0 bridgehead atoms. The number of pyridine rings is 1. The van der Waals surface area contributed by atoms with Gasteiger partial charge >= 0.3 is 5.97 Å². The van der Waals surface area contributed by atoms with E-state index < -0.39 is 0 Å². The molecule has 9 heteroatoms. The molecule has 0 radical (unpaired) electrons. The zero-order chi connectivity index (χ0) is 31.5. The number of methoxy groups -OCH3 is 4. The number of benzene rings is 3. The van der Waals surface area contributed by atoms with Crippen LogP contribution in [0.2, 0.25) is 0 Å². The van der Waals surface area contributed by atoms with Gasteiger partial charge in [0.05, 0.1) is 52.4 Å². The lowest BCUT2D eigenvalue weighted by atomic mass is 9.90. The van der Waals surface area contributed by atoms with Crippen molar-refractivity contribution in [1.82, 2.24) is 0 Å². The summed E-state index contributed by atoms with van der Waals surface area (Å²) in [5, 5.41) is 22.2. The molecule has 0 amide bonds. The predicted molar refractivity (Wildman–Crippen MR) is 167 cm³/mol. The number of ether oxygens (including phenoxy) is 5. The molecule has 0 saturated heterocycles. The Morgan fingerprint density at radius 2 is 1.64 bits per heavy atom. The highest BCUT2D eigenvalue weighted by Crippen LogP contribution is 2.42. The average Bonchev–Trinajstić information content (AvgIpc) is 3.04. The summed E-state index contributed by atoms with van der Waals surface area (Å²) >= 11 is 0. The fourth-order valence-electron chi connectivity index (χ4n) is 5.81. The molecular formula is C35H38NO8+. The van der Waals surface area contributed by atoms with E-state index in [0.29, 0.717) is 52.7 Å². The van der Waals surface area contributed by atoms with Gasteiger partial charge in [-0.15, -0.1) is 0 Å². The quantitative estimate of drug-likeness (QED) is 0.105. The van der Waals surface area contributed by atoms with Crippen molar-refractivity contribution >= 4 is 22.8 Å². The molecule has 230 valence electrons. The third kappa shape index (κ3) is 5.57. The Morgan fingerprint density at radius 3 is 2.34 bits per heavy atom. The van der Waals surface area contributed by atoms with Crippen LogP contribution in [-0.4, -0.2) is 51.2 Å². The van der Waals surface area contributed by atoms with Gasteiger partial charge < -0.3 is 33.9 Å². The van der Waals surface area contributed by atoms with Gasteiger partial charge in [0.25, 0.3) is 0 Å². The lowest BCUT2D eigenvalue weighted by molar-refractivity contribution is -0.686. The number of carbonyl (C=O) groups excluding carboxylic acids is 1. The summed E-state index contributed by atoms with van der Waals surface area (Å²) < 4.78 is 30.3. The third-order valence-corrected chi connectivity index (χ3v) is 8.29. The molecule has 9 nitrogen and oxygen atoms in total. The summed E-state index contributed by atoms with van der Waals surface area (Å²) in [6, 6.07) is 9.27. The van der Waals surface area contributed by atoms with E-state index in [1.807, 2.05) is 30.5 Å². The van der Waals surface area contributed by atoms with Gasteiger partial charge in [-0.25, -0.2) is 0 Å². The highest BCUT2D eigenvalue weighted by Gasteiger charge is 2.32. The molecular weight excluding hydrogens is 562 g/mol. The van der Waals surface area contributed by atoms with Crippen LogP contribution < -0.4 is 23.5 Å². The minimum absolute atomic E-state index is 0.0332. The molecule has 0 aliphatic carbocycles. The highest BCUT2D eigenvalue weighted by molar-refractivity contribution is 5.97. The molecule has 1 aromatic heterocycles. The maximum absolute atomic E-state index is 13.3. The molecule has 0 atom stereocenters. The van der Waals surface area contributed by atoms with E-state index in [1.54, 1.807) is 54.4 Å². The number of hydrogen-bond acceptors (Lipinski definition) is 8. The van der Waals surface area contributed by atoms with E-state index in [9.17, 15) is 15.0 Å². The van der Waals surface area contributed by atoms with Crippen LogP contribution in [0.1, 0.15) is 34.2 Å². The van der Waals surface area contributed by atoms with Crippen LogP contribution in [0.5, 0.6) is 34.5 Å². The van der Waals surface area contributed by atoms with Crippen LogP contribution in [0.3, 0.4) is 0 Å². The average molecular weight is 601 g/mol. The maximum atomic E-state index is 13.3. The van der Waals surface area contributed by atoms with Crippen molar-refractivity contribution in [2.75, 3.05) is 35.0 Å². The number of fused-ring (bicyclic) bond motifs is 4. The second-order valence-corrected chi connectivity index (χ2v) is 10.7. The molecule has 3 aromatic carbocycles. The second kappa shape index (κ2) is 12.8. The first kappa shape index (κ1) is 30.5. The molecule has 5 rings (SSSR count). The fourth-order valence-corrected chi connectivity index (χ4v) is 5.81. The first-order valence-electron chi connectivity index (χ1n) is 14.4. The Balaban J connectivity index is 1.47. The van der Waals surface area contributed by atoms with Gasteiger partial charge in [0, 0.05) is 22.9 Å². The summed E-state index contributed by atoms with van der Waals surface area (Å²) in [6.45, 7) is 4.36. The largest absolute Gasteiger partial charge is 0.508 e. The molecule has 2 heterocycles. The number of aromatic hydroxyl groups is 2. The Hall–Kier alpha value is -4.92. The van der Waals surface area contributed by atoms with Gasteiger partial charge in [-0.1, -0.05) is 12.2 Å². The Morgan fingerprint density at radius 1 is 0.909 bits per heavy atom. The number of phenolic OH excluding ortho intramolecular Hbond substituents is 2. The summed E-state index contributed by atoms with van der Waals surface area (Å²) in [5.74, 6) is 2.33.